The summed E-state index contributed by atoms with van der Waals surface area (Å²) < 4.78 is 13.5. The van der Waals surface area contributed by atoms with Crippen LogP contribution in [0.3, 0.4) is 0 Å². The first kappa shape index (κ1) is 36.4. The van der Waals surface area contributed by atoms with Gasteiger partial charge in [-0.2, -0.15) is 0 Å². The molecule has 302 valence electrons. The van der Waals surface area contributed by atoms with Crippen LogP contribution in [-0.2, 0) is 10.8 Å². The fraction of sp³-hybridized carbons (Fsp3) is 0.138. The molecule has 0 fully saturated rings. The summed E-state index contributed by atoms with van der Waals surface area (Å²) in [5.41, 5.74) is 16.6. The highest BCUT2D eigenvalue weighted by Crippen LogP contribution is 2.50. The Bertz CT molecular complexity index is 3510. The molecular weight excluding hydrogens is 767 g/mol. The molecule has 0 saturated heterocycles. The Morgan fingerprint density at radius 2 is 0.746 bits per heavy atom. The van der Waals surface area contributed by atoms with Crippen molar-refractivity contribution < 1.29 is 8.83 Å². The second kappa shape index (κ2) is 12.7. The van der Waals surface area contributed by atoms with Crippen molar-refractivity contribution in [3.05, 3.63) is 175 Å². The number of benzene rings is 9. The Morgan fingerprint density at radius 1 is 0.349 bits per heavy atom. The number of fused-ring (bicyclic) bond motifs is 12. The van der Waals surface area contributed by atoms with Gasteiger partial charge >= 0.3 is 0 Å². The van der Waals surface area contributed by atoms with E-state index in [0.717, 1.165) is 55.3 Å². The monoisotopic (exact) mass is 812 g/mol. The van der Waals surface area contributed by atoms with E-state index in [1.54, 1.807) is 0 Å². The molecule has 0 spiro atoms. The van der Waals surface area contributed by atoms with Crippen LogP contribution in [0.25, 0.3) is 65.4 Å². The van der Waals surface area contributed by atoms with Crippen molar-refractivity contribution in [1.82, 2.24) is 0 Å². The lowest BCUT2D eigenvalue weighted by molar-refractivity contribution is 0.591. The fourth-order valence-electron chi connectivity index (χ4n) is 10.9. The maximum Gasteiger partial charge on any atom is 0.252 e. The maximum atomic E-state index is 6.74. The molecule has 2 aliphatic rings. The largest absolute Gasteiger partial charge is 0.456 e. The number of para-hydroxylation sites is 2. The van der Waals surface area contributed by atoms with Crippen LogP contribution >= 0.6 is 0 Å². The van der Waals surface area contributed by atoms with Crippen molar-refractivity contribution in [3.8, 4) is 0 Å². The van der Waals surface area contributed by atoms with Crippen molar-refractivity contribution in [3.63, 3.8) is 0 Å². The molecule has 0 amide bonds. The van der Waals surface area contributed by atoms with Crippen molar-refractivity contribution in [2.75, 3.05) is 9.80 Å². The van der Waals surface area contributed by atoms with Crippen molar-refractivity contribution in [2.24, 2.45) is 0 Å². The highest BCUT2D eigenvalue weighted by atomic mass is 16.3. The van der Waals surface area contributed by atoms with Gasteiger partial charge in [0.25, 0.3) is 6.71 Å². The molecule has 2 aromatic heterocycles. The first-order valence-corrected chi connectivity index (χ1v) is 22.2. The van der Waals surface area contributed by atoms with E-state index in [-0.39, 0.29) is 17.5 Å². The van der Waals surface area contributed by atoms with E-state index in [9.17, 15) is 0 Å². The molecule has 9 aromatic carbocycles. The Kier molecular flexibility index (Phi) is 7.33. The fourth-order valence-corrected chi connectivity index (χ4v) is 10.9. The highest BCUT2D eigenvalue weighted by Gasteiger charge is 2.45. The maximum absolute atomic E-state index is 6.74. The molecule has 13 rings (SSSR count). The lowest BCUT2D eigenvalue weighted by Gasteiger charge is -2.45. The van der Waals surface area contributed by atoms with Gasteiger partial charge in [-0.25, -0.2) is 0 Å². The predicted molar refractivity (Wildman–Crippen MR) is 267 cm³/mol. The molecule has 0 bridgehead atoms. The Hall–Kier alpha value is -7.24. The van der Waals surface area contributed by atoms with E-state index in [4.69, 9.17) is 8.83 Å². The minimum absolute atomic E-state index is 0.0955. The summed E-state index contributed by atoms with van der Waals surface area (Å²) in [6.45, 7) is 13.9. The van der Waals surface area contributed by atoms with Gasteiger partial charge in [0.2, 0.25) is 0 Å². The molecule has 0 aliphatic carbocycles. The number of hydrogen-bond acceptors (Lipinski definition) is 4. The number of nitrogens with zero attached hydrogens (tertiary/aromatic N) is 2. The summed E-state index contributed by atoms with van der Waals surface area (Å²) in [4.78, 5) is 5.12. The van der Waals surface area contributed by atoms with Crippen LogP contribution < -0.4 is 26.2 Å². The van der Waals surface area contributed by atoms with E-state index in [1.165, 1.54) is 71.8 Å². The summed E-state index contributed by atoms with van der Waals surface area (Å²) in [5.74, 6) is 0. The van der Waals surface area contributed by atoms with Crippen molar-refractivity contribution >= 4 is 123 Å². The quantitative estimate of drug-likeness (QED) is 0.163. The number of furan rings is 2. The molecule has 11 aromatic rings. The van der Waals surface area contributed by atoms with Gasteiger partial charge in [-0.1, -0.05) is 145 Å². The third-order valence-corrected chi connectivity index (χ3v) is 13.8. The van der Waals surface area contributed by atoms with Gasteiger partial charge in [-0.3, -0.25) is 0 Å². The predicted octanol–water partition coefficient (Wildman–Crippen LogP) is 14.5. The molecule has 2 aliphatic heterocycles. The van der Waals surface area contributed by atoms with Gasteiger partial charge in [0.1, 0.15) is 22.3 Å². The molecular formula is C58H45BN2O2. The molecule has 0 radical (unpaired) electrons. The zero-order chi connectivity index (χ0) is 42.5. The summed E-state index contributed by atoms with van der Waals surface area (Å²) in [6.07, 6.45) is 0. The number of anilines is 6. The van der Waals surface area contributed by atoms with Gasteiger partial charge < -0.3 is 18.6 Å². The highest BCUT2D eigenvalue weighted by molar-refractivity contribution is 7.00. The summed E-state index contributed by atoms with van der Waals surface area (Å²) in [5, 5.41) is 9.42. The van der Waals surface area contributed by atoms with Gasteiger partial charge in [-0.15, -0.1) is 0 Å². The Balaban J connectivity index is 1.20. The third-order valence-electron chi connectivity index (χ3n) is 13.8. The zero-order valence-electron chi connectivity index (χ0n) is 36.4. The average Bonchev–Trinajstić information content (AvgIpc) is 3.83. The molecule has 0 N–H and O–H groups in total. The number of rotatable bonds is 2. The normalized spacial score (nSPS) is 13.8. The first-order chi connectivity index (χ1) is 30.5. The van der Waals surface area contributed by atoms with E-state index >= 15 is 0 Å². The van der Waals surface area contributed by atoms with Crippen LogP contribution in [0.4, 0.5) is 34.1 Å². The summed E-state index contributed by atoms with van der Waals surface area (Å²) in [6, 6.07) is 60.6. The first-order valence-electron chi connectivity index (χ1n) is 22.2. The standard InChI is InChI=1S/C58H45BN2O2/c1-57(2,3)42-26-34-16-7-9-18-36(34)28-48(42)60-46-22-15-23-47-56(46)59(44-30-40-38-20-11-13-24-52(38)62-54(40)32-50(44)60)45-31-41-39-21-12-14-25-53(39)63-55(41)33-51(45)61(47)49-29-37-19-10-8-17-35(37)27-43(49)58(4,5)6/h7-33H,1-6H3. The summed E-state index contributed by atoms with van der Waals surface area (Å²) >= 11 is 0. The van der Waals surface area contributed by atoms with E-state index in [0.29, 0.717) is 0 Å². The molecule has 0 saturated carbocycles. The smallest absolute Gasteiger partial charge is 0.252 e. The SMILES string of the molecule is CC(C)(C)c1cc2ccccc2cc1N1c2cc3oc4ccccc4c3cc2B2c3cc4c(cc3N(c3cc5ccccc5cc3C(C)(C)C)c3cccc1c32)oc1ccccc14. The second-order valence-electron chi connectivity index (χ2n) is 19.8. The van der Waals surface area contributed by atoms with E-state index in [2.05, 4.69) is 215 Å². The van der Waals surface area contributed by atoms with E-state index in [1.807, 2.05) is 0 Å². The molecule has 63 heavy (non-hydrogen) atoms. The molecule has 5 heteroatoms. The van der Waals surface area contributed by atoms with Gasteiger partial charge in [0.05, 0.1) is 11.4 Å². The van der Waals surface area contributed by atoms with Crippen LogP contribution in [0.5, 0.6) is 0 Å². The third kappa shape index (κ3) is 5.23. The number of hydrogen-bond donors (Lipinski definition) is 0. The molecule has 0 atom stereocenters. The lowest BCUT2D eigenvalue weighted by Crippen LogP contribution is -2.61. The molecule has 4 nitrogen and oxygen atoms in total. The second-order valence-corrected chi connectivity index (χ2v) is 19.8. The van der Waals surface area contributed by atoms with Crippen molar-refractivity contribution in [1.29, 1.82) is 0 Å². The van der Waals surface area contributed by atoms with Crippen LogP contribution in [0.1, 0.15) is 52.7 Å². The minimum Gasteiger partial charge on any atom is -0.456 e. The average molecular weight is 813 g/mol. The topological polar surface area (TPSA) is 32.8 Å². The zero-order valence-corrected chi connectivity index (χ0v) is 36.4. The van der Waals surface area contributed by atoms with Crippen LogP contribution in [0.2, 0.25) is 0 Å². The van der Waals surface area contributed by atoms with Crippen LogP contribution in [0.15, 0.2) is 173 Å². The lowest BCUT2D eigenvalue weighted by atomic mass is 9.33. The Labute approximate surface area is 367 Å². The van der Waals surface area contributed by atoms with E-state index < -0.39 is 0 Å². The van der Waals surface area contributed by atoms with Gasteiger partial charge in [0.15, 0.2) is 0 Å². The molecule has 4 heterocycles. The minimum atomic E-state index is -0.159. The Morgan fingerprint density at radius 3 is 1.17 bits per heavy atom. The van der Waals surface area contributed by atoms with Crippen LogP contribution in [0, 0.1) is 0 Å². The van der Waals surface area contributed by atoms with Crippen molar-refractivity contribution in [2.45, 2.75) is 52.4 Å². The molecule has 0 unspecified atom stereocenters. The summed E-state index contributed by atoms with van der Waals surface area (Å²) in [7, 11) is 0. The van der Waals surface area contributed by atoms with Gasteiger partial charge in [-0.05, 0) is 108 Å². The van der Waals surface area contributed by atoms with Crippen LogP contribution in [-0.4, -0.2) is 6.71 Å². The van der Waals surface area contributed by atoms with Gasteiger partial charge in [0, 0.05) is 56.4 Å².